The molecule has 1 aromatic carbocycles. The molecule has 1 aliphatic carbocycles. The normalized spacial score (nSPS) is 37.5. The Morgan fingerprint density at radius 1 is 1.22 bits per heavy atom. The summed E-state index contributed by atoms with van der Waals surface area (Å²) in [6.45, 7) is 3.64. The van der Waals surface area contributed by atoms with E-state index in [9.17, 15) is 4.79 Å². The van der Waals surface area contributed by atoms with Crippen LogP contribution in [0.4, 0.5) is 0 Å². The zero-order chi connectivity index (χ0) is 18.9. The van der Waals surface area contributed by atoms with E-state index < -0.39 is 0 Å². The molecule has 1 spiro atoms. The largest absolute Gasteiger partial charge is 0.376 e. The first-order valence-corrected chi connectivity index (χ1v) is 10.3. The van der Waals surface area contributed by atoms with Gasteiger partial charge in [0.15, 0.2) is 0 Å². The first-order chi connectivity index (χ1) is 13.1. The number of nitrogens with one attached hydrogen (secondary N) is 1. The van der Waals surface area contributed by atoms with Crippen molar-refractivity contribution in [2.75, 3.05) is 26.9 Å². The number of likely N-dealkylation sites (N-methyl/N-ethyl adjacent to an activating group) is 1. The molecule has 4 rings (SSSR count). The zero-order valence-corrected chi connectivity index (χ0v) is 16.5. The summed E-state index contributed by atoms with van der Waals surface area (Å²) in [4.78, 5) is 14.3. The highest BCUT2D eigenvalue weighted by molar-refractivity contribution is 5.79. The minimum atomic E-state index is -0.301. The number of carbonyl (C=O) groups is 1. The van der Waals surface area contributed by atoms with Crippen LogP contribution in [0.2, 0.25) is 0 Å². The summed E-state index contributed by atoms with van der Waals surface area (Å²) in [6, 6.07) is 11.4. The SMILES string of the molecule is CC1CC2(COCC(=O)N2)C(COC2CCC(c3ccccc3)CC2)N1C. The molecule has 1 amide bonds. The number of nitrogens with zero attached hydrogens (tertiary/aromatic N) is 1. The molecule has 0 radical (unpaired) electrons. The Kier molecular flexibility index (Phi) is 5.53. The van der Waals surface area contributed by atoms with Crippen molar-refractivity contribution in [3.05, 3.63) is 35.9 Å². The van der Waals surface area contributed by atoms with E-state index in [0.29, 0.717) is 31.3 Å². The highest BCUT2D eigenvalue weighted by atomic mass is 16.5. The van der Waals surface area contributed by atoms with Gasteiger partial charge in [0.2, 0.25) is 5.91 Å². The number of hydrogen-bond acceptors (Lipinski definition) is 4. The first-order valence-electron chi connectivity index (χ1n) is 10.3. The summed E-state index contributed by atoms with van der Waals surface area (Å²) >= 11 is 0. The molecule has 1 saturated carbocycles. The molecule has 0 aromatic heterocycles. The third kappa shape index (κ3) is 3.91. The maximum atomic E-state index is 12.0. The van der Waals surface area contributed by atoms with Gasteiger partial charge in [0.1, 0.15) is 6.61 Å². The van der Waals surface area contributed by atoms with E-state index in [1.54, 1.807) is 0 Å². The number of hydrogen-bond donors (Lipinski definition) is 1. The fourth-order valence-corrected chi connectivity index (χ4v) is 5.26. The molecule has 1 aromatic rings. The highest BCUT2D eigenvalue weighted by Crippen LogP contribution is 2.37. The number of benzene rings is 1. The Balaban J connectivity index is 1.33. The second-order valence-corrected chi connectivity index (χ2v) is 8.65. The highest BCUT2D eigenvalue weighted by Gasteiger charge is 2.52. The minimum absolute atomic E-state index is 0.00267. The first kappa shape index (κ1) is 18.9. The summed E-state index contributed by atoms with van der Waals surface area (Å²) in [5, 5.41) is 3.23. The topological polar surface area (TPSA) is 50.8 Å². The standard InChI is InChI=1S/C22H32N2O3/c1-16-12-22(15-26-14-21(25)23-22)20(24(16)2)13-27-19-10-8-18(9-11-19)17-6-4-3-5-7-17/h3-7,16,18-20H,8-15H2,1-2H3,(H,23,25). The summed E-state index contributed by atoms with van der Waals surface area (Å²) in [5.74, 6) is 0.662. The average Bonchev–Trinajstić information content (AvgIpc) is 2.90. The molecule has 1 N–H and O–H groups in total. The summed E-state index contributed by atoms with van der Waals surface area (Å²) in [6.07, 6.45) is 5.85. The van der Waals surface area contributed by atoms with Crippen molar-refractivity contribution in [3.63, 3.8) is 0 Å². The quantitative estimate of drug-likeness (QED) is 0.883. The number of ether oxygens (including phenoxy) is 2. The lowest BCUT2D eigenvalue weighted by Gasteiger charge is -2.41. The van der Waals surface area contributed by atoms with Crippen molar-refractivity contribution < 1.29 is 14.3 Å². The van der Waals surface area contributed by atoms with Crippen molar-refractivity contribution >= 4 is 5.91 Å². The van der Waals surface area contributed by atoms with E-state index in [2.05, 4.69) is 54.5 Å². The Morgan fingerprint density at radius 2 is 1.96 bits per heavy atom. The molecule has 27 heavy (non-hydrogen) atoms. The van der Waals surface area contributed by atoms with Gasteiger partial charge in [0, 0.05) is 6.04 Å². The fourth-order valence-electron chi connectivity index (χ4n) is 5.26. The Bertz CT molecular complexity index is 644. The van der Waals surface area contributed by atoms with Crippen molar-refractivity contribution in [1.29, 1.82) is 0 Å². The molecule has 2 saturated heterocycles. The number of rotatable bonds is 4. The monoisotopic (exact) mass is 372 g/mol. The minimum Gasteiger partial charge on any atom is -0.376 e. The molecule has 3 fully saturated rings. The summed E-state index contributed by atoms with van der Waals surface area (Å²) in [7, 11) is 2.14. The fraction of sp³-hybridized carbons (Fsp3) is 0.682. The van der Waals surface area contributed by atoms with Crippen LogP contribution in [-0.2, 0) is 14.3 Å². The van der Waals surface area contributed by atoms with Crippen molar-refractivity contribution in [1.82, 2.24) is 10.2 Å². The molecule has 2 heterocycles. The van der Waals surface area contributed by atoms with Crippen LogP contribution in [0.1, 0.15) is 50.5 Å². The van der Waals surface area contributed by atoms with Crippen LogP contribution in [-0.4, -0.2) is 61.4 Å². The molecule has 3 unspecified atom stereocenters. The van der Waals surface area contributed by atoms with Gasteiger partial charge in [-0.05, 0) is 57.6 Å². The van der Waals surface area contributed by atoms with Crippen LogP contribution in [0, 0.1) is 0 Å². The number of morpholine rings is 1. The molecule has 0 bridgehead atoms. The van der Waals surface area contributed by atoms with Gasteiger partial charge >= 0.3 is 0 Å². The number of amides is 1. The van der Waals surface area contributed by atoms with Crippen LogP contribution in [0.5, 0.6) is 0 Å². The van der Waals surface area contributed by atoms with Gasteiger partial charge in [-0.15, -0.1) is 0 Å². The van der Waals surface area contributed by atoms with Gasteiger partial charge < -0.3 is 14.8 Å². The predicted molar refractivity (Wildman–Crippen MR) is 105 cm³/mol. The molecule has 148 valence electrons. The van der Waals surface area contributed by atoms with E-state index >= 15 is 0 Å². The summed E-state index contributed by atoms with van der Waals surface area (Å²) < 4.78 is 12.0. The molecule has 2 aliphatic heterocycles. The van der Waals surface area contributed by atoms with Gasteiger partial charge in [-0.2, -0.15) is 0 Å². The number of carbonyl (C=O) groups excluding carboxylic acids is 1. The molecule has 5 heteroatoms. The molecule has 5 nitrogen and oxygen atoms in total. The molecule has 3 aliphatic rings. The zero-order valence-electron chi connectivity index (χ0n) is 16.5. The van der Waals surface area contributed by atoms with Crippen molar-refractivity contribution in [2.45, 2.75) is 68.7 Å². The maximum Gasteiger partial charge on any atom is 0.246 e. The lowest BCUT2D eigenvalue weighted by Crippen LogP contribution is -2.64. The smallest absolute Gasteiger partial charge is 0.246 e. The van der Waals surface area contributed by atoms with E-state index in [-0.39, 0.29) is 24.1 Å². The third-order valence-electron chi connectivity index (χ3n) is 6.90. The average molecular weight is 373 g/mol. The van der Waals surface area contributed by atoms with Gasteiger partial charge in [-0.3, -0.25) is 9.69 Å². The third-order valence-corrected chi connectivity index (χ3v) is 6.90. The van der Waals surface area contributed by atoms with Gasteiger partial charge in [-0.25, -0.2) is 0 Å². The molecular weight excluding hydrogens is 340 g/mol. The predicted octanol–water partition coefficient (Wildman–Crippen LogP) is 2.71. The maximum absolute atomic E-state index is 12.0. The van der Waals surface area contributed by atoms with Crippen molar-refractivity contribution in [2.24, 2.45) is 0 Å². The van der Waals surface area contributed by atoms with E-state index in [4.69, 9.17) is 9.47 Å². The van der Waals surface area contributed by atoms with Gasteiger partial charge in [0.25, 0.3) is 0 Å². The molecule has 3 atom stereocenters. The van der Waals surface area contributed by atoms with Crippen LogP contribution < -0.4 is 5.32 Å². The Hall–Kier alpha value is -1.43. The molecular formula is C22H32N2O3. The number of likely N-dealkylation sites (tertiary alicyclic amines) is 1. The van der Waals surface area contributed by atoms with E-state index in [1.165, 1.54) is 18.4 Å². The van der Waals surface area contributed by atoms with E-state index in [1.807, 2.05) is 0 Å². The summed E-state index contributed by atoms with van der Waals surface area (Å²) in [5.41, 5.74) is 1.16. The van der Waals surface area contributed by atoms with Gasteiger partial charge in [-0.1, -0.05) is 30.3 Å². The lowest BCUT2D eigenvalue weighted by atomic mass is 9.82. The second kappa shape index (κ2) is 7.90. The van der Waals surface area contributed by atoms with Gasteiger partial charge in [0.05, 0.1) is 30.9 Å². The van der Waals surface area contributed by atoms with Crippen LogP contribution >= 0.6 is 0 Å². The van der Waals surface area contributed by atoms with E-state index in [0.717, 1.165) is 19.3 Å². The second-order valence-electron chi connectivity index (χ2n) is 8.65. The lowest BCUT2D eigenvalue weighted by molar-refractivity contribution is -0.137. The Labute approximate surface area is 162 Å². The van der Waals surface area contributed by atoms with Crippen molar-refractivity contribution in [3.8, 4) is 0 Å². The van der Waals surface area contributed by atoms with Crippen LogP contribution in [0.15, 0.2) is 30.3 Å². The Morgan fingerprint density at radius 3 is 2.67 bits per heavy atom. The van der Waals surface area contributed by atoms with Crippen LogP contribution in [0.3, 0.4) is 0 Å². The van der Waals surface area contributed by atoms with Crippen LogP contribution in [0.25, 0.3) is 0 Å².